The maximum atomic E-state index is 12.7. The fourth-order valence-corrected chi connectivity index (χ4v) is 3.84. The van der Waals surface area contributed by atoms with Crippen molar-refractivity contribution in [1.82, 2.24) is 9.47 Å². The van der Waals surface area contributed by atoms with Crippen molar-refractivity contribution in [2.45, 2.75) is 6.54 Å². The lowest BCUT2D eigenvalue weighted by molar-refractivity contribution is 0.0759. The topological polar surface area (TPSA) is 47.6 Å². The number of carbonyl (C=O) groups is 1. The number of rotatable bonds is 4. The van der Waals surface area contributed by atoms with Crippen LogP contribution < -0.4 is 0 Å². The van der Waals surface area contributed by atoms with Gasteiger partial charge in [-0.15, -0.1) is 0 Å². The van der Waals surface area contributed by atoms with Gasteiger partial charge in [-0.25, -0.2) is 0 Å². The molecule has 1 saturated heterocycles. The quantitative estimate of drug-likeness (QED) is 0.827. The van der Waals surface area contributed by atoms with Crippen LogP contribution in [-0.2, 0) is 11.3 Å². The van der Waals surface area contributed by atoms with Gasteiger partial charge in [0.2, 0.25) is 0 Å². The second-order valence-corrected chi connectivity index (χ2v) is 6.88. The van der Waals surface area contributed by atoms with Gasteiger partial charge >= 0.3 is 0 Å². The van der Waals surface area contributed by atoms with Crippen LogP contribution >= 0.6 is 27.7 Å². The van der Waals surface area contributed by atoms with E-state index in [4.69, 9.17) is 9.15 Å². The molecule has 114 valence electrons. The van der Waals surface area contributed by atoms with E-state index < -0.39 is 0 Å². The normalized spacial score (nSPS) is 15.8. The Morgan fingerprint density at radius 1 is 1.43 bits per heavy atom. The zero-order chi connectivity index (χ0) is 14.8. The number of hydrogen-bond donors (Lipinski definition) is 0. The molecule has 1 aliphatic heterocycles. The number of carbonyl (C=O) groups excluding carboxylic acids is 1. The molecule has 0 unspecified atom stereocenters. The third-order valence-electron chi connectivity index (χ3n) is 3.60. The summed E-state index contributed by atoms with van der Waals surface area (Å²) in [6, 6.07) is 3.73. The molecule has 0 bridgehead atoms. The number of fused-ring (bicyclic) bond motifs is 1. The molecule has 2 aromatic rings. The van der Waals surface area contributed by atoms with Crippen LogP contribution in [-0.4, -0.2) is 53.7 Å². The fourth-order valence-electron chi connectivity index (χ4n) is 2.54. The molecule has 2 aromatic heterocycles. The highest BCUT2D eigenvalue weighted by Crippen LogP contribution is 2.28. The maximum absolute atomic E-state index is 12.7. The minimum absolute atomic E-state index is 0.0777. The number of furan rings is 1. The average Bonchev–Trinajstić information content (AvgIpc) is 3.01. The molecule has 3 rings (SSSR count). The first-order valence-corrected chi connectivity index (χ1v) is 8.80. The molecule has 1 fully saturated rings. The van der Waals surface area contributed by atoms with Crippen molar-refractivity contribution >= 4 is 44.7 Å². The Balaban J connectivity index is 1.95. The monoisotopic (exact) mass is 372 g/mol. The van der Waals surface area contributed by atoms with Crippen LogP contribution in [0.3, 0.4) is 0 Å². The van der Waals surface area contributed by atoms with E-state index in [1.165, 1.54) is 0 Å². The number of methoxy groups -OCH3 is 1. The summed E-state index contributed by atoms with van der Waals surface area (Å²) < 4.78 is 13.4. The number of halogens is 1. The summed E-state index contributed by atoms with van der Waals surface area (Å²) in [5.74, 6) is 2.09. The highest BCUT2D eigenvalue weighted by Gasteiger charge is 2.24. The molecule has 0 radical (unpaired) electrons. The van der Waals surface area contributed by atoms with Gasteiger partial charge in [-0.05, 0) is 15.9 Å². The number of ether oxygens (including phenoxy) is 1. The van der Waals surface area contributed by atoms with Gasteiger partial charge < -0.3 is 18.6 Å². The predicted octanol–water partition coefficient (Wildman–Crippen LogP) is 2.83. The molecular weight excluding hydrogens is 356 g/mol. The molecule has 0 N–H and O–H groups in total. The maximum Gasteiger partial charge on any atom is 0.270 e. The smallest absolute Gasteiger partial charge is 0.270 e. The summed E-state index contributed by atoms with van der Waals surface area (Å²) in [4.78, 5) is 14.7. The average molecular weight is 373 g/mol. The number of aromatic nitrogens is 1. The van der Waals surface area contributed by atoms with Gasteiger partial charge in [0.05, 0.1) is 12.1 Å². The van der Waals surface area contributed by atoms with Crippen molar-refractivity contribution in [1.29, 1.82) is 0 Å². The summed E-state index contributed by atoms with van der Waals surface area (Å²) in [5.41, 5.74) is 2.33. The van der Waals surface area contributed by atoms with Crippen molar-refractivity contribution in [3.8, 4) is 0 Å². The zero-order valence-corrected chi connectivity index (χ0v) is 14.2. The largest absolute Gasteiger partial charge is 0.448 e. The third-order valence-corrected chi connectivity index (χ3v) is 4.93. The van der Waals surface area contributed by atoms with Gasteiger partial charge in [-0.1, -0.05) is 0 Å². The highest BCUT2D eigenvalue weighted by molar-refractivity contribution is 9.10. The van der Waals surface area contributed by atoms with E-state index in [1.54, 1.807) is 7.11 Å². The predicted molar refractivity (Wildman–Crippen MR) is 87.0 cm³/mol. The number of nitrogens with zero attached hydrogens (tertiary/aromatic N) is 2. The first kappa shape index (κ1) is 15.0. The second kappa shape index (κ2) is 6.46. The van der Waals surface area contributed by atoms with E-state index in [2.05, 4.69) is 15.9 Å². The van der Waals surface area contributed by atoms with Crippen molar-refractivity contribution in [3.63, 3.8) is 0 Å². The van der Waals surface area contributed by atoms with E-state index >= 15 is 0 Å². The molecule has 7 heteroatoms. The molecule has 0 saturated carbocycles. The molecule has 3 heterocycles. The Kier molecular flexibility index (Phi) is 4.61. The van der Waals surface area contributed by atoms with Crippen LogP contribution in [0.2, 0.25) is 0 Å². The molecule has 1 amide bonds. The lowest BCUT2D eigenvalue weighted by Crippen LogP contribution is -2.39. The Morgan fingerprint density at radius 2 is 2.19 bits per heavy atom. The molecule has 0 aliphatic carbocycles. The summed E-state index contributed by atoms with van der Waals surface area (Å²) >= 11 is 5.23. The van der Waals surface area contributed by atoms with Gasteiger partial charge in [-0.3, -0.25) is 4.79 Å². The first-order valence-electron chi connectivity index (χ1n) is 6.85. The molecular formula is C14H17BrN2O3S. The summed E-state index contributed by atoms with van der Waals surface area (Å²) in [6.45, 7) is 2.81. The van der Waals surface area contributed by atoms with Gasteiger partial charge in [0.25, 0.3) is 5.91 Å². The second-order valence-electron chi connectivity index (χ2n) is 4.88. The number of amides is 1. The SMILES string of the molecule is COCCn1c(C(=O)N2CCSCC2)cc2oc(Br)cc21. The van der Waals surface area contributed by atoms with E-state index in [0.717, 1.165) is 35.7 Å². The lowest BCUT2D eigenvalue weighted by Gasteiger charge is -2.26. The van der Waals surface area contributed by atoms with Crippen LogP contribution in [0.5, 0.6) is 0 Å². The molecule has 21 heavy (non-hydrogen) atoms. The standard InChI is InChI=1S/C14H17BrN2O3S/c1-19-5-2-17-10-9-13(15)20-12(10)8-11(17)14(18)16-3-6-21-7-4-16/h8-9H,2-7H2,1H3. The van der Waals surface area contributed by atoms with Crippen LogP contribution in [0.15, 0.2) is 21.2 Å². The minimum Gasteiger partial charge on any atom is -0.448 e. The van der Waals surface area contributed by atoms with Crippen molar-refractivity contribution in [3.05, 3.63) is 22.5 Å². The number of hydrogen-bond acceptors (Lipinski definition) is 4. The van der Waals surface area contributed by atoms with Gasteiger partial charge in [0, 0.05) is 50.4 Å². The fraction of sp³-hybridized carbons (Fsp3) is 0.500. The van der Waals surface area contributed by atoms with Gasteiger partial charge in [0.1, 0.15) is 5.69 Å². The van der Waals surface area contributed by atoms with Gasteiger partial charge in [0.15, 0.2) is 10.3 Å². The Hall–Kier alpha value is -0.920. The summed E-state index contributed by atoms with van der Waals surface area (Å²) in [7, 11) is 1.66. The Morgan fingerprint density at radius 3 is 2.90 bits per heavy atom. The van der Waals surface area contributed by atoms with Crippen molar-refractivity contribution in [2.75, 3.05) is 38.3 Å². The minimum atomic E-state index is 0.0777. The lowest BCUT2D eigenvalue weighted by atomic mass is 10.3. The highest BCUT2D eigenvalue weighted by atomic mass is 79.9. The van der Waals surface area contributed by atoms with Crippen molar-refractivity contribution in [2.24, 2.45) is 0 Å². The Bertz CT molecular complexity index is 646. The molecule has 0 spiro atoms. The van der Waals surface area contributed by atoms with E-state index in [0.29, 0.717) is 23.5 Å². The third kappa shape index (κ3) is 3.00. The van der Waals surface area contributed by atoms with E-state index in [9.17, 15) is 4.79 Å². The molecule has 0 atom stereocenters. The molecule has 1 aliphatic rings. The van der Waals surface area contributed by atoms with Crippen molar-refractivity contribution < 1.29 is 13.9 Å². The first-order chi connectivity index (χ1) is 10.2. The van der Waals surface area contributed by atoms with Crippen LogP contribution in [0, 0.1) is 0 Å². The molecule has 5 nitrogen and oxygen atoms in total. The van der Waals surface area contributed by atoms with Crippen LogP contribution in [0.4, 0.5) is 0 Å². The zero-order valence-electron chi connectivity index (χ0n) is 11.8. The summed E-state index contributed by atoms with van der Waals surface area (Å²) in [5, 5.41) is 0. The van der Waals surface area contributed by atoms with Crippen LogP contribution in [0.25, 0.3) is 11.1 Å². The van der Waals surface area contributed by atoms with E-state index in [1.807, 2.05) is 33.4 Å². The molecule has 0 aromatic carbocycles. The van der Waals surface area contributed by atoms with E-state index in [-0.39, 0.29) is 5.91 Å². The van der Waals surface area contributed by atoms with Gasteiger partial charge in [-0.2, -0.15) is 11.8 Å². The Labute approximate surface area is 135 Å². The van der Waals surface area contributed by atoms with Crippen LogP contribution in [0.1, 0.15) is 10.5 Å². The summed E-state index contributed by atoms with van der Waals surface area (Å²) in [6.07, 6.45) is 0. The number of thioether (sulfide) groups is 1.